The lowest BCUT2D eigenvalue weighted by Gasteiger charge is -2.05. The maximum atomic E-state index is 13.7. The van der Waals surface area contributed by atoms with Crippen molar-refractivity contribution < 1.29 is 14.3 Å². The zero-order chi connectivity index (χ0) is 12.7. The molecule has 0 atom stereocenters. The molecule has 0 aliphatic rings. The molecule has 0 aliphatic carbocycles. The summed E-state index contributed by atoms with van der Waals surface area (Å²) in [6, 6.07) is 13.2. The summed E-state index contributed by atoms with van der Waals surface area (Å²) in [5.74, 6) is -1.27. The first-order valence-corrected chi connectivity index (χ1v) is 5.51. The lowest BCUT2D eigenvalue weighted by molar-refractivity contribution is 0.0699. The second kappa shape index (κ2) is 3.81. The molecular weight excluding hydrogens is 231 g/mol. The van der Waals surface area contributed by atoms with E-state index in [4.69, 9.17) is 5.11 Å². The number of carboxylic acids is 1. The molecule has 18 heavy (non-hydrogen) atoms. The van der Waals surface area contributed by atoms with Crippen molar-refractivity contribution in [2.45, 2.75) is 0 Å². The number of halogens is 1. The third kappa shape index (κ3) is 1.52. The molecule has 88 valence electrons. The van der Waals surface area contributed by atoms with Gasteiger partial charge in [-0.05, 0) is 40.4 Å². The fourth-order valence-electron chi connectivity index (χ4n) is 2.20. The first kappa shape index (κ1) is 10.7. The minimum Gasteiger partial charge on any atom is -0.478 e. The van der Waals surface area contributed by atoms with Gasteiger partial charge in [-0.15, -0.1) is 0 Å². The van der Waals surface area contributed by atoms with Crippen molar-refractivity contribution in [3.63, 3.8) is 0 Å². The van der Waals surface area contributed by atoms with Gasteiger partial charge in [0.25, 0.3) is 0 Å². The third-order valence-electron chi connectivity index (χ3n) is 3.06. The molecule has 0 radical (unpaired) electrons. The number of hydrogen-bond acceptors (Lipinski definition) is 1. The van der Waals surface area contributed by atoms with Crippen LogP contribution in [-0.2, 0) is 0 Å². The van der Waals surface area contributed by atoms with Gasteiger partial charge in [0, 0.05) is 5.39 Å². The molecular formula is C15H9FO2. The molecule has 0 saturated heterocycles. The van der Waals surface area contributed by atoms with Crippen LogP contribution in [0.2, 0.25) is 0 Å². The average Bonchev–Trinajstić information content (AvgIpc) is 2.36. The molecule has 1 N–H and O–H groups in total. The molecule has 3 aromatic rings. The zero-order valence-corrected chi connectivity index (χ0v) is 9.35. The lowest BCUT2D eigenvalue weighted by atomic mass is 9.99. The van der Waals surface area contributed by atoms with Gasteiger partial charge in [-0.25, -0.2) is 9.18 Å². The van der Waals surface area contributed by atoms with Crippen molar-refractivity contribution in [2.24, 2.45) is 0 Å². The fraction of sp³-hybridized carbons (Fsp3) is 0. The van der Waals surface area contributed by atoms with Gasteiger partial charge >= 0.3 is 5.97 Å². The highest BCUT2D eigenvalue weighted by Crippen LogP contribution is 2.27. The predicted molar refractivity (Wildman–Crippen MR) is 68.4 cm³/mol. The van der Waals surface area contributed by atoms with E-state index < -0.39 is 5.97 Å². The minimum absolute atomic E-state index is 0.235. The number of rotatable bonds is 1. The SMILES string of the molecule is O=C(O)c1cccc2cc3c(F)cccc3cc12. The smallest absolute Gasteiger partial charge is 0.336 e. The van der Waals surface area contributed by atoms with Crippen LogP contribution in [0.25, 0.3) is 21.5 Å². The zero-order valence-electron chi connectivity index (χ0n) is 9.35. The monoisotopic (exact) mass is 240 g/mol. The molecule has 0 spiro atoms. The highest BCUT2D eigenvalue weighted by Gasteiger charge is 2.09. The largest absolute Gasteiger partial charge is 0.478 e. The van der Waals surface area contributed by atoms with Gasteiger partial charge in [0.15, 0.2) is 0 Å². The second-order valence-corrected chi connectivity index (χ2v) is 4.15. The average molecular weight is 240 g/mol. The number of benzene rings is 3. The molecule has 0 bridgehead atoms. The summed E-state index contributed by atoms with van der Waals surface area (Å²) in [6.07, 6.45) is 0. The Labute approximate surface area is 102 Å². The standard InChI is InChI=1S/C15H9FO2/c16-14-6-2-4-10-7-12-9(8-13(10)14)3-1-5-11(12)15(17)18/h1-8H,(H,17,18). The van der Waals surface area contributed by atoms with Gasteiger partial charge in [-0.2, -0.15) is 0 Å². The molecule has 0 saturated carbocycles. The summed E-state index contributed by atoms with van der Waals surface area (Å²) in [5.41, 5.74) is 0.235. The summed E-state index contributed by atoms with van der Waals surface area (Å²) in [7, 11) is 0. The van der Waals surface area contributed by atoms with E-state index in [9.17, 15) is 9.18 Å². The highest BCUT2D eigenvalue weighted by molar-refractivity contribution is 6.08. The van der Waals surface area contributed by atoms with Crippen LogP contribution in [0.4, 0.5) is 4.39 Å². The van der Waals surface area contributed by atoms with E-state index in [2.05, 4.69) is 0 Å². The van der Waals surface area contributed by atoms with Gasteiger partial charge in [-0.1, -0.05) is 24.3 Å². The highest BCUT2D eigenvalue weighted by atomic mass is 19.1. The number of fused-ring (bicyclic) bond motifs is 2. The Morgan fingerprint density at radius 1 is 0.944 bits per heavy atom. The van der Waals surface area contributed by atoms with E-state index in [1.54, 1.807) is 42.5 Å². The van der Waals surface area contributed by atoms with Crippen molar-refractivity contribution in [2.75, 3.05) is 0 Å². The molecule has 0 amide bonds. The van der Waals surface area contributed by atoms with Crippen LogP contribution in [0.1, 0.15) is 10.4 Å². The van der Waals surface area contributed by atoms with Gasteiger partial charge in [0.05, 0.1) is 5.56 Å². The van der Waals surface area contributed by atoms with Crippen molar-refractivity contribution in [1.82, 2.24) is 0 Å². The van der Waals surface area contributed by atoms with Gasteiger partial charge in [-0.3, -0.25) is 0 Å². The maximum Gasteiger partial charge on any atom is 0.336 e. The molecule has 0 heterocycles. The predicted octanol–water partition coefficient (Wildman–Crippen LogP) is 3.83. The van der Waals surface area contributed by atoms with E-state index in [0.29, 0.717) is 16.2 Å². The van der Waals surface area contributed by atoms with Gasteiger partial charge < -0.3 is 5.11 Å². The van der Waals surface area contributed by atoms with E-state index in [1.807, 2.05) is 0 Å². The first-order valence-electron chi connectivity index (χ1n) is 5.51. The van der Waals surface area contributed by atoms with E-state index in [1.165, 1.54) is 6.07 Å². The number of carbonyl (C=O) groups is 1. The Morgan fingerprint density at radius 3 is 2.28 bits per heavy atom. The summed E-state index contributed by atoms with van der Waals surface area (Å²) in [4.78, 5) is 11.1. The van der Waals surface area contributed by atoms with E-state index in [0.717, 1.165) is 5.39 Å². The van der Waals surface area contributed by atoms with Gasteiger partial charge in [0.2, 0.25) is 0 Å². The topological polar surface area (TPSA) is 37.3 Å². The second-order valence-electron chi connectivity index (χ2n) is 4.15. The van der Waals surface area contributed by atoms with Crippen LogP contribution in [0.5, 0.6) is 0 Å². The van der Waals surface area contributed by atoms with Crippen LogP contribution >= 0.6 is 0 Å². The number of carboxylic acid groups (broad SMARTS) is 1. The minimum atomic E-state index is -0.976. The Balaban J connectivity index is 2.49. The Hall–Kier alpha value is -2.42. The molecule has 3 aromatic carbocycles. The number of aromatic carboxylic acids is 1. The normalized spacial score (nSPS) is 10.9. The van der Waals surface area contributed by atoms with Crippen molar-refractivity contribution in [3.05, 3.63) is 59.9 Å². The molecule has 0 fully saturated rings. The lowest BCUT2D eigenvalue weighted by Crippen LogP contribution is -1.97. The quantitative estimate of drug-likeness (QED) is 0.656. The first-order chi connectivity index (χ1) is 8.66. The Bertz CT molecular complexity index is 778. The fourth-order valence-corrected chi connectivity index (χ4v) is 2.20. The summed E-state index contributed by atoms with van der Waals surface area (Å²) >= 11 is 0. The molecule has 0 unspecified atom stereocenters. The van der Waals surface area contributed by atoms with Crippen molar-refractivity contribution in [1.29, 1.82) is 0 Å². The van der Waals surface area contributed by atoms with Crippen LogP contribution < -0.4 is 0 Å². The van der Waals surface area contributed by atoms with Crippen molar-refractivity contribution >= 4 is 27.5 Å². The van der Waals surface area contributed by atoms with E-state index in [-0.39, 0.29) is 11.4 Å². The van der Waals surface area contributed by atoms with Crippen LogP contribution in [0.15, 0.2) is 48.5 Å². The Kier molecular flexibility index (Phi) is 2.27. The van der Waals surface area contributed by atoms with Crippen molar-refractivity contribution in [3.8, 4) is 0 Å². The molecule has 0 aromatic heterocycles. The van der Waals surface area contributed by atoms with Crippen LogP contribution in [0, 0.1) is 5.82 Å². The third-order valence-corrected chi connectivity index (χ3v) is 3.06. The number of hydrogen-bond donors (Lipinski definition) is 1. The molecule has 2 nitrogen and oxygen atoms in total. The molecule has 0 aliphatic heterocycles. The van der Waals surface area contributed by atoms with Crippen LogP contribution in [0.3, 0.4) is 0 Å². The summed E-state index contributed by atoms with van der Waals surface area (Å²) in [6.45, 7) is 0. The van der Waals surface area contributed by atoms with Crippen LogP contribution in [-0.4, -0.2) is 11.1 Å². The van der Waals surface area contributed by atoms with Gasteiger partial charge in [0.1, 0.15) is 5.82 Å². The maximum absolute atomic E-state index is 13.7. The van der Waals surface area contributed by atoms with E-state index >= 15 is 0 Å². The molecule has 3 heteroatoms. The summed E-state index contributed by atoms with van der Waals surface area (Å²) in [5, 5.41) is 11.7. The molecule has 3 rings (SSSR count). The Morgan fingerprint density at radius 2 is 1.56 bits per heavy atom. The summed E-state index contributed by atoms with van der Waals surface area (Å²) < 4.78 is 13.7.